The Morgan fingerprint density at radius 2 is 2.07 bits per heavy atom. The monoisotopic (exact) mass is 366 g/mol. The second-order valence-electron chi connectivity index (χ2n) is 7.36. The molecule has 2 atom stereocenters. The predicted molar refractivity (Wildman–Crippen MR) is 107 cm³/mol. The SMILES string of the molecule is C=CCNC(=O)C1CC(c2cccc(C)c2)CN(Cc2ccccc2F)C1. The Bertz CT molecular complexity index is 804. The molecule has 2 unspecified atom stereocenters. The molecular weight excluding hydrogens is 339 g/mol. The topological polar surface area (TPSA) is 32.3 Å². The number of carbonyl (C=O) groups excluding carboxylic acids is 1. The number of benzene rings is 2. The van der Waals surface area contributed by atoms with Gasteiger partial charge in [0.1, 0.15) is 5.82 Å². The second-order valence-corrected chi connectivity index (χ2v) is 7.36. The Morgan fingerprint density at radius 1 is 1.26 bits per heavy atom. The van der Waals surface area contributed by atoms with Gasteiger partial charge in [-0.25, -0.2) is 4.39 Å². The van der Waals surface area contributed by atoms with E-state index in [1.54, 1.807) is 12.1 Å². The Labute approximate surface area is 160 Å². The number of nitrogens with one attached hydrogen (secondary N) is 1. The molecule has 3 rings (SSSR count). The van der Waals surface area contributed by atoms with Gasteiger partial charge in [0.15, 0.2) is 0 Å². The maximum Gasteiger partial charge on any atom is 0.224 e. The van der Waals surface area contributed by atoms with Gasteiger partial charge in [-0.2, -0.15) is 0 Å². The fraction of sp³-hybridized carbons (Fsp3) is 0.348. The van der Waals surface area contributed by atoms with Crippen molar-refractivity contribution in [3.8, 4) is 0 Å². The predicted octanol–water partition coefficient (Wildman–Crippen LogP) is 4.04. The lowest BCUT2D eigenvalue weighted by Crippen LogP contribution is -2.45. The average Bonchev–Trinajstić information content (AvgIpc) is 2.67. The number of hydrogen-bond donors (Lipinski definition) is 1. The van der Waals surface area contributed by atoms with Crippen molar-refractivity contribution >= 4 is 5.91 Å². The van der Waals surface area contributed by atoms with E-state index in [1.807, 2.05) is 12.1 Å². The van der Waals surface area contributed by atoms with E-state index in [0.29, 0.717) is 25.2 Å². The highest BCUT2D eigenvalue weighted by Gasteiger charge is 2.32. The quantitative estimate of drug-likeness (QED) is 0.783. The number of piperidine rings is 1. The van der Waals surface area contributed by atoms with Crippen LogP contribution in [0.1, 0.15) is 29.0 Å². The fourth-order valence-corrected chi connectivity index (χ4v) is 3.86. The van der Waals surface area contributed by atoms with Gasteiger partial charge in [-0.1, -0.05) is 54.1 Å². The first kappa shape index (κ1) is 19.3. The summed E-state index contributed by atoms with van der Waals surface area (Å²) in [5.74, 6) is -0.00508. The van der Waals surface area contributed by atoms with Crippen molar-refractivity contribution in [2.75, 3.05) is 19.6 Å². The van der Waals surface area contributed by atoms with Gasteiger partial charge >= 0.3 is 0 Å². The molecule has 1 amide bonds. The number of halogens is 1. The first-order chi connectivity index (χ1) is 13.1. The van der Waals surface area contributed by atoms with Gasteiger partial charge in [0.05, 0.1) is 5.92 Å². The van der Waals surface area contributed by atoms with Crippen LogP contribution in [0, 0.1) is 18.7 Å². The van der Waals surface area contributed by atoms with Crippen LogP contribution in [0.15, 0.2) is 61.2 Å². The van der Waals surface area contributed by atoms with Gasteiger partial charge < -0.3 is 5.32 Å². The molecule has 0 saturated carbocycles. The molecule has 1 aliphatic rings. The highest BCUT2D eigenvalue weighted by atomic mass is 19.1. The smallest absolute Gasteiger partial charge is 0.224 e. The van der Waals surface area contributed by atoms with Crippen molar-refractivity contribution in [2.24, 2.45) is 5.92 Å². The summed E-state index contributed by atoms with van der Waals surface area (Å²) < 4.78 is 14.1. The zero-order valence-corrected chi connectivity index (χ0v) is 15.8. The summed E-state index contributed by atoms with van der Waals surface area (Å²) in [7, 11) is 0. The van der Waals surface area contributed by atoms with Crippen molar-refractivity contribution in [2.45, 2.75) is 25.8 Å². The van der Waals surface area contributed by atoms with Gasteiger partial charge in [-0.3, -0.25) is 9.69 Å². The van der Waals surface area contributed by atoms with Gasteiger partial charge in [-0.15, -0.1) is 6.58 Å². The number of amides is 1. The lowest BCUT2D eigenvalue weighted by Gasteiger charge is -2.37. The zero-order chi connectivity index (χ0) is 19.2. The van der Waals surface area contributed by atoms with E-state index in [2.05, 4.69) is 48.0 Å². The molecule has 0 spiro atoms. The number of carbonyl (C=O) groups is 1. The summed E-state index contributed by atoms with van der Waals surface area (Å²) in [6.45, 7) is 8.19. The fourth-order valence-electron chi connectivity index (χ4n) is 3.86. The molecular formula is C23H27FN2O. The van der Waals surface area contributed by atoms with E-state index >= 15 is 0 Å². The first-order valence-electron chi connectivity index (χ1n) is 9.47. The maximum atomic E-state index is 14.1. The molecule has 2 aromatic rings. The summed E-state index contributed by atoms with van der Waals surface area (Å²) in [5, 5.41) is 2.92. The highest BCUT2D eigenvalue weighted by molar-refractivity contribution is 5.79. The molecule has 0 aliphatic carbocycles. The van der Waals surface area contributed by atoms with Gasteiger partial charge in [0.2, 0.25) is 5.91 Å². The minimum atomic E-state index is -0.192. The molecule has 1 heterocycles. The van der Waals surface area contributed by atoms with E-state index in [4.69, 9.17) is 0 Å². The third kappa shape index (κ3) is 5.04. The van der Waals surface area contributed by atoms with E-state index in [1.165, 1.54) is 17.2 Å². The van der Waals surface area contributed by atoms with Crippen molar-refractivity contribution in [1.82, 2.24) is 10.2 Å². The summed E-state index contributed by atoms with van der Waals surface area (Å²) >= 11 is 0. The Hall–Kier alpha value is -2.46. The van der Waals surface area contributed by atoms with Crippen LogP contribution >= 0.6 is 0 Å². The first-order valence-corrected chi connectivity index (χ1v) is 9.47. The molecule has 1 aliphatic heterocycles. The average molecular weight is 366 g/mol. The third-order valence-corrected chi connectivity index (χ3v) is 5.18. The van der Waals surface area contributed by atoms with Crippen LogP contribution in [0.3, 0.4) is 0 Å². The third-order valence-electron chi connectivity index (χ3n) is 5.18. The molecule has 3 nitrogen and oxygen atoms in total. The molecule has 4 heteroatoms. The van der Waals surface area contributed by atoms with Crippen LogP contribution in [-0.4, -0.2) is 30.4 Å². The Kier molecular flexibility index (Phi) is 6.40. The lowest BCUT2D eigenvalue weighted by atomic mass is 9.83. The number of likely N-dealkylation sites (tertiary alicyclic amines) is 1. The van der Waals surface area contributed by atoms with Crippen molar-refractivity contribution in [1.29, 1.82) is 0 Å². The molecule has 0 radical (unpaired) electrons. The molecule has 2 aromatic carbocycles. The Balaban J connectivity index is 1.81. The van der Waals surface area contributed by atoms with Crippen LogP contribution in [0.5, 0.6) is 0 Å². The van der Waals surface area contributed by atoms with Crippen molar-refractivity contribution < 1.29 is 9.18 Å². The van der Waals surface area contributed by atoms with E-state index in [-0.39, 0.29) is 23.6 Å². The molecule has 1 N–H and O–H groups in total. The van der Waals surface area contributed by atoms with Crippen molar-refractivity contribution in [3.05, 3.63) is 83.7 Å². The number of hydrogen-bond acceptors (Lipinski definition) is 2. The molecule has 0 aromatic heterocycles. The van der Waals surface area contributed by atoms with Crippen LogP contribution in [0.25, 0.3) is 0 Å². The molecule has 0 bridgehead atoms. The number of rotatable bonds is 6. The maximum absolute atomic E-state index is 14.1. The largest absolute Gasteiger partial charge is 0.352 e. The van der Waals surface area contributed by atoms with Crippen LogP contribution in [0.4, 0.5) is 4.39 Å². The van der Waals surface area contributed by atoms with Crippen LogP contribution in [0.2, 0.25) is 0 Å². The molecule has 1 fully saturated rings. The van der Waals surface area contributed by atoms with E-state index in [9.17, 15) is 9.18 Å². The summed E-state index contributed by atoms with van der Waals surface area (Å²) in [6, 6.07) is 15.3. The minimum Gasteiger partial charge on any atom is -0.352 e. The number of aryl methyl sites for hydroxylation is 1. The van der Waals surface area contributed by atoms with Gasteiger partial charge in [0.25, 0.3) is 0 Å². The van der Waals surface area contributed by atoms with Crippen molar-refractivity contribution in [3.63, 3.8) is 0 Å². The zero-order valence-electron chi connectivity index (χ0n) is 15.8. The van der Waals surface area contributed by atoms with Crippen LogP contribution < -0.4 is 5.32 Å². The second kappa shape index (κ2) is 8.96. The van der Waals surface area contributed by atoms with E-state index in [0.717, 1.165) is 13.0 Å². The summed E-state index contributed by atoms with van der Waals surface area (Å²) in [4.78, 5) is 14.8. The van der Waals surface area contributed by atoms with Gasteiger partial charge in [0, 0.05) is 31.7 Å². The normalized spacial score (nSPS) is 20.2. The lowest BCUT2D eigenvalue weighted by molar-refractivity contribution is -0.126. The van der Waals surface area contributed by atoms with Gasteiger partial charge in [-0.05, 0) is 30.9 Å². The molecule has 1 saturated heterocycles. The van der Waals surface area contributed by atoms with Crippen LogP contribution in [-0.2, 0) is 11.3 Å². The Morgan fingerprint density at radius 3 is 2.81 bits per heavy atom. The number of nitrogens with zero attached hydrogens (tertiary/aromatic N) is 1. The summed E-state index contributed by atoms with van der Waals surface area (Å²) in [6.07, 6.45) is 2.50. The minimum absolute atomic E-state index is 0.0470. The van der Waals surface area contributed by atoms with E-state index < -0.39 is 0 Å². The standard InChI is InChI=1S/C23H27FN2O/c1-3-11-25-23(27)21-13-20(18-9-6-7-17(2)12-18)15-26(16-21)14-19-8-4-5-10-22(19)24/h3-10,12,20-21H,1,11,13-16H2,2H3,(H,25,27). The highest BCUT2D eigenvalue weighted by Crippen LogP contribution is 2.32. The summed E-state index contributed by atoms with van der Waals surface area (Å²) in [5.41, 5.74) is 3.13. The molecule has 142 valence electrons. The molecule has 27 heavy (non-hydrogen) atoms.